The summed E-state index contributed by atoms with van der Waals surface area (Å²) in [7, 11) is 0. The van der Waals surface area contributed by atoms with Crippen molar-refractivity contribution in [2.45, 2.75) is 6.92 Å². The lowest BCUT2D eigenvalue weighted by molar-refractivity contribution is 0.0691. The van der Waals surface area contributed by atoms with E-state index in [1.54, 1.807) is 12.3 Å². The first-order valence-electron chi connectivity index (χ1n) is 5.48. The van der Waals surface area contributed by atoms with Crippen molar-refractivity contribution in [2.75, 3.05) is 5.32 Å². The summed E-state index contributed by atoms with van der Waals surface area (Å²) in [6.07, 6.45) is 0. The summed E-state index contributed by atoms with van der Waals surface area (Å²) in [5.74, 6) is -2.72. The number of hydrogen-bond acceptors (Lipinski definition) is 3. The molecule has 0 aliphatic rings. The number of aromatic carboxylic acids is 1. The van der Waals surface area contributed by atoms with Crippen LogP contribution < -0.4 is 5.32 Å². The van der Waals surface area contributed by atoms with Crippen molar-refractivity contribution in [3.63, 3.8) is 0 Å². The number of hydrogen-bond donors (Lipinski definition) is 2. The van der Waals surface area contributed by atoms with E-state index in [1.807, 2.05) is 0 Å². The molecular weight excluding hydrogens is 305 g/mol. The van der Waals surface area contributed by atoms with Gasteiger partial charge >= 0.3 is 5.97 Å². The average Bonchev–Trinajstić information content (AvgIpc) is 2.72. The fourth-order valence-electron chi connectivity index (χ4n) is 1.54. The fraction of sp³-hybridized carbons (Fsp3) is 0.0769. The van der Waals surface area contributed by atoms with Crippen molar-refractivity contribution in [1.82, 2.24) is 0 Å². The van der Waals surface area contributed by atoms with E-state index < -0.39 is 23.3 Å². The Balaban J connectivity index is 2.26. The zero-order valence-electron chi connectivity index (χ0n) is 10.2. The van der Waals surface area contributed by atoms with Crippen LogP contribution in [-0.4, -0.2) is 17.0 Å². The molecule has 2 N–H and O–H groups in total. The van der Waals surface area contributed by atoms with Gasteiger partial charge in [0.1, 0.15) is 10.7 Å². The summed E-state index contributed by atoms with van der Waals surface area (Å²) in [5, 5.41) is 13.4. The third-order valence-corrected chi connectivity index (χ3v) is 4.26. The fourth-order valence-corrected chi connectivity index (χ4v) is 2.71. The van der Waals surface area contributed by atoms with Gasteiger partial charge in [0, 0.05) is 5.69 Å². The maximum absolute atomic E-state index is 13.2. The molecule has 4 nitrogen and oxygen atoms in total. The van der Waals surface area contributed by atoms with Crippen molar-refractivity contribution in [2.24, 2.45) is 0 Å². The third-order valence-electron chi connectivity index (χ3n) is 2.56. The maximum atomic E-state index is 13.2. The van der Waals surface area contributed by atoms with Gasteiger partial charge in [-0.15, -0.1) is 11.3 Å². The first-order valence-corrected chi connectivity index (χ1v) is 6.73. The minimum Gasteiger partial charge on any atom is -0.478 e. The van der Waals surface area contributed by atoms with Crippen LogP contribution in [0.5, 0.6) is 0 Å². The van der Waals surface area contributed by atoms with Crippen molar-refractivity contribution >= 4 is 40.5 Å². The third kappa shape index (κ3) is 2.81. The smallest absolute Gasteiger partial charge is 0.338 e. The summed E-state index contributed by atoms with van der Waals surface area (Å²) >= 11 is 7.16. The number of anilines is 1. The second-order valence-corrected chi connectivity index (χ2v) is 5.27. The van der Waals surface area contributed by atoms with E-state index in [4.69, 9.17) is 16.7 Å². The van der Waals surface area contributed by atoms with Gasteiger partial charge in [0.05, 0.1) is 10.6 Å². The summed E-state index contributed by atoms with van der Waals surface area (Å²) < 4.78 is 13.2. The number of carboxylic acid groups (broad SMARTS) is 1. The lowest BCUT2D eigenvalue weighted by Crippen LogP contribution is -2.12. The molecule has 7 heteroatoms. The van der Waals surface area contributed by atoms with E-state index >= 15 is 0 Å². The Morgan fingerprint density at radius 1 is 1.40 bits per heavy atom. The summed E-state index contributed by atoms with van der Waals surface area (Å²) in [6.45, 7) is 1.77. The molecule has 0 atom stereocenters. The van der Waals surface area contributed by atoms with Crippen molar-refractivity contribution < 1.29 is 19.1 Å². The van der Waals surface area contributed by atoms with Crippen LogP contribution in [0.25, 0.3) is 0 Å². The van der Waals surface area contributed by atoms with E-state index in [9.17, 15) is 14.0 Å². The molecule has 1 aromatic heterocycles. The van der Waals surface area contributed by atoms with Crippen LogP contribution in [-0.2, 0) is 0 Å². The highest BCUT2D eigenvalue weighted by atomic mass is 35.5. The van der Waals surface area contributed by atoms with Gasteiger partial charge in [-0.2, -0.15) is 0 Å². The number of rotatable bonds is 3. The van der Waals surface area contributed by atoms with Crippen LogP contribution >= 0.6 is 22.9 Å². The van der Waals surface area contributed by atoms with Gasteiger partial charge in [0.2, 0.25) is 0 Å². The maximum Gasteiger partial charge on any atom is 0.338 e. The molecule has 1 heterocycles. The number of nitrogens with one attached hydrogen (secondary N) is 1. The van der Waals surface area contributed by atoms with Gasteiger partial charge in [-0.3, -0.25) is 4.79 Å². The molecule has 0 radical (unpaired) electrons. The molecule has 1 aromatic carbocycles. The van der Waals surface area contributed by atoms with Crippen LogP contribution in [0.1, 0.15) is 25.6 Å². The van der Waals surface area contributed by atoms with E-state index in [2.05, 4.69) is 5.32 Å². The average molecular weight is 314 g/mol. The number of carboxylic acids is 1. The van der Waals surface area contributed by atoms with Crippen LogP contribution in [0.2, 0.25) is 5.02 Å². The highest BCUT2D eigenvalue weighted by Gasteiger charge is 2.16. The number of benzene rings is 1. The number of carbonyl (C=O) groups excluding carboxylic acids is 1. The van der Waals surface area contributed by atoms with Crippen molar-refractivity contribution in [1.29, 1.82) is 0 Å². The highest BCUT2D eigenvalue weighted by Crippen LogP contribution is 2.28. The number of carbonyl (C=O) groups is 2. The molecule has 104 valence electrons. The largest absolute Gasteiger partial charge is 0.478 e. The second-order valence-electron chi connectivity index (χ2n) is 4.02. The zero-order chi connectivity index (χ0) is 14.9. The molecule has 0 unspecified atom stereocenters. The Morgan fingerprint density at radius 2 is 2.10 bits per heavy atom. The number of halogens is 2. The lowest BCUT2D eigenvalue weighted by Gasteiger charge is -2.06. The molecule has 0 fully saturated rings. The van der Waals surface area contributed by atoms with Crippen LogP contribution in [0.4, 0.5) is 10.1 Å². The van der Waals surface area contributed by atoms with Crippen LogP contribution in [0, 0.1) is 12.7 Å². The lowest BCUT2D eigenvalue weighted by atomic mass is 10.2. The molecule has 0 aliphatic heterocycles. The Hall–Kier alpha value is -1.92. The SMILES string of the molecule is Cc1csc(C(=O)Nc2ccc(F)c(C(=O)O)c2)c1Cl. The molecule has 2 rings (SSSR count). The summed E-state index contributed by atoms with van der Waals surface area (Å²) in [4.78, 5) is 23.1. The minimum absolute atomic E-state index is 0.191. The van der Waals surface area contributed by atoms with Gasteiger partial charge in [0.25, 0.3) is 5.91 Å². The molecule has 0 saturated heterocycles. The molecule has 0 spiro atoms. The van der Waals surface area contributed by atoms with E-state index in [1.165, 1.54) is 17.4 Å². The first kappa shape index (κ1) is 14.5. The quantitative estimate of drug-likeness (QED) is 0.905. The molecule has 0 bridgehead atoms. The van der Waals surface area contributed by atoms with Gasteiger partial charge in [-0.1, -0.05) is 11.6 Å². The van der Waals surface area contributed by atoms with Crippen molar-refractivity contribution in [3.8, 4) is 0 Å². The molecular formula is C13H9ClFNO3S. The molecule has 20 heavy (non-hydrogen) atoms. The molecule has 1 amide bonds. The van der Waals surface area contributed by atoms with Gasteiger partial charge in [0.15, 0.2) is 0 Å². The highest BCUT2D eigenvalue weighted by molar-refractivity contribution is 7.13. The van der Waals surface area contributed by atoms with E-state index in [0.29, 0.717) is 9.90 Å². The molecule has 0 aliphatic carbocycles. The van der Waals surface area contributed by atoms with Gasteiger partial charge in [-0.25, -0.2) is 9.18 Å². The zero-order valence-corrected chi connectivity index (χ0v) is 11.8. The predicted octanol–water partition coefficient (Wildman–Crippen LogP) is 3.80. The van der Waals surface area contributed by atoms with Crippen LogP contribution in [0.3, 0.4) is 0 Å². The monoisotopic (exact) mass is 313 g/mol. The second kappa shape index (κ2) is 5.60. The summed E-state index contributed by atoms with van der Waals surface area (Å²) in [5.41, 5.74) is 0.472. The number of thiophene rings is 1. The van der Waals surface area contributed by atoms with Crippen molar-refractivity contribution in [3.05, 3.63) is 50.4 Å². The standard InChI is InChI=1S/C13H9ClFNO3S/c1-6-5-20-11(10(6)14)12(17)16-7-2-3-9(15)8(4-7)13(18)19/h2-5H,1H3,(H,16,17)(H,18,19). The molecule has 2 aromatic rings. The Labute approximate surface area is 122 Å². The number of amides is 1. The molecule has 0 saturated carbocycles. The summed E-state index contributed by atoms with van der Waals surface area (Å²) in [6, 6.07) is 3.33. The Kier molecular flexibility index (Phi) is 4.06. The minimum atomic E-state index is -1.40. The van der Waals surface area contributed by atoms with E-state index in [-0.39, 0.29) is 5.69 Å². The van der Waals surface area contributed by atoms with Gasteiger partial charge in [-0.05, 0) is 36.1 Å². The van der Waals surface area contributed by atoms with Crippen LogP contribution in [0.15, 0.2) is 23.6 Å². The normalized spacial score (nSPS) is 10.3. The first-order chi connectivity index (χ1) is 9.40. The van der Waals surface area contributed by atoms with E-state index in [0.717, 1.165) is 17.7 Å². The predicted molar refractivity (Wildman–Crippen MR) is 75.4 cm³/mol. The Morgan fingerprint density at radius 3 is 2.65 bits per heavy atom. The number of aryl methyl sites for hydroxylation is 1. The topological polar surface area (TPSA) is 66.4 Å². The van der Waals surface area contributed by atoms with Gasteiger partial charge < -0.3 is 10.4 Å². The Bertz CT molecular complexity index is 699.